The second kappa shape index (κ2) is 7.27. The molecule has 0 amide bonds. The van der Waals surface area contributed by atoms with E-state index in [0.29, 0.717) is 0 Å². The molecule has 18 heteroatoms. The number of nitrogens with zero attached hydrogens (tertiary/aromatic N) is 3. The van der Waals surface area contributed by atoms with Crippen LogP contribution < -0.4 is 26.0 Å². The molecule has 1 saturated heterocycles. The van der Waals surface area contributed by atoms with Crippen molar-refractivity contribution in [3.8, 4) is 0 Å². The van der Waals surface area contributed by atoms with Crippen molar-refractivity contribution in [2.45, 2.75) is 24.5 Å². The van der Waals surface area contributed by atoms with Crippen LogP contribution in [0.1, 0.15) is 6.23 Å². The lowest BCUT2D eigenvalue weighted by molar-refractivity contribution is -0.339. The number of aliphatic hydroxyl groups excluding tert-OH is 2. The van der Waals surface area contributed by atoms with Gasteiger partial charge >= 0.3 is 0 Å². The average Bonchev–Trinajstić information content (AvgIpc) is 3.06. The summed E-state index contributed by atoms with van der Waals surface area (Å²) in [6.45, 7) is -0.988. The highest BCUT2D eigenvalue weighted by molar-refractivity contribution is 7.58. The maximum Gasteiger partial charge on any atom is 0.280 e. The number of nitrogens with one attached hydrogen (secondary N) is 1. The van der Waals surface area contributed by atoms with E-state index >= 15 is 0 Å². The quantitative estimate of drug-likeness (QED) is 0.309. The molecule has 3 heterocycles. The van der Waals surface area contributed by atoms with E-state index in [1.54, 1.807) is 0 Å². The number of nitrogens with two attached hydrogens (primary N) is 1. The molecular weight excluding hydrogens is 428 g/mol. The Hall–Kier alpha value is -1.71. The number of aromatic amines is 1. The van der Waals surface area contributed by atoms with E-state index < -0.39 is 52.4 Å². The molecule has 1 aliphatic rings. The van der Waals surface area contributed by atoms with Gasteiger partial charge in [-0.2, -0.15) is 4.98 Å². The third kappa shape index (κ3) is 4.31. The number of phosphoric acid groups is 2. The first-order valence-corrected chi connectivity index (χ1v) is 10.2. The largest absolute Gasteiger partial charge is 0.790 e. The zero-order chi connectivity index (χ0) is 20.9. The van der Waals surface area contributed by atoms with Crippen molar-refractivity contribution in [1.82, 2.24) is 19.5 Å². The minimum Gasteiger partial charge on any atom is -0.790 e. The van der Waals surface area contributed by atoms with Crippen LogP contribution in [0.15, 0.2) is 11.1 Å². The van der Waals surface area contributed by atoms with Gasteiger partial charge in [0.15, 0.2) is 17.4 Å². The van der Waals surface area contributed by atoms with Crippen molar-refractivity contribution in [2.75, 3.05) is 12.3 Å². The van der Waals surface area contributed by atoms with Gasteiger partial charge in [0.25, 0.3) is 13.4 Å². The number of aromatic nitrogens is 4. The smallest absolute Gasteiger partial charge is 0.280 e. The molecule has 1 aliphatic heterocycles. The van der Waals surface area contributed by atoms with Gasteiger partial charge in [-0.1, -0.05) is 0 Å². The van der Waals surface area contributed by atoms with Crippen LogP contribution in [0.5, 0.6) is 0 Å². The number of fused-ring (bicyclic) bond motifs is 1. The van der Waals surface area contributed by atoms with Gasteiger partial charge in [-0.15, -0.1) is 0 Å². The molecule has 0 saturated carbocycles. The van der Waals surface area contributed by atoms with Crippen molar-refractivity contribution in [3.05, 3.63) is 16.7 Å². The summed E-state index contributed by atoms with van der Waals surface area (Å²) >= 11 is 0. The van der Waals surface area contributed by atoms with Gasteiger partial charge in [0.05, 0.1) is 20.8 Å². The van der Waals surface area contributed by atoms with E-state index in [1.165, 1.54) is 0 Å². The number of imidazole rings is 1. The Morgan fingerprint density at radius 2 is 2.00 bits per heavy atom. The monoisotopic (exact) mass is 440 g/mol. The van der Waals surface area contributed by atoms with Gasteiger partial charge in [0.2, 0.25) is 5.95 Å². The normalized spacial score (nSPS) is 27.9. The van der Waals surface area contributed by atoms with Gasteiger partial charge in [0.1, 0.15) is 18.3 Å². The van der Waals surface area contributed by atoms with E-state index in [1.807, 2.05) is 0 Å². The molecule has 0 aromatic carbocycles. The molecule has 1 unspecified atom stereocenters. The Labute approximate surface area is 154 Å². The Bertz CT molecular complexity index is 1030. The van der Waals surface area contributed by atoms with Crippen LogP contribution in [0.25, 0.3) is 11.2 Å². The lowest BCUT2D eigenvalue weighted by atomic mass is 10.1. The second-order valence-corrected chi connectivity index (χ2v) is 8.29. The molecule has 5 N–H and O–H groups in total. The summed E-state index contributed by atoms with van der Waals surface area (Å²) < 4.78 is 35.5. The lowest BCUT2D eigenvalue weighted by Crippen LogP contribution is -2.34. The molecule has 2 aromatic rings. The second-order valence-electron chi connectivity index (χ2n) is 5.59. The van der Waals surface area contributed by atoms with Gasteiger partial charge < -0.3 is 44.5 Å². The summed E-state index contributed by atoms with van der Waals surface area (Å²) in [5, 5.41) is 20.2. The highest BCUT2D eigenvalue weighted by Gasteiger charge is 2.45. The van der Waals surface area contributed by atoms with Crippen molar-refractivity contribution in [2.24, 2.45) is 0 Å². The molecule has 0 bridgehead atoms. The zero-order valence-electron chi connectivity index (χ0n) is 13.5. The van der Waals surface area contributed by atoms with Gasteiger partial charge in [0, 0.05) is 0 Å². The molecule has 5 atom stereocenters. The van der Waals surface area contributed by atoms with E-state index in [9.17, 15) is 38.8 Å². The number of ether oxygens (including phenoxy) is 1. The van der Waals surface area contributed by atoms with Gasteiger partial charge in [-0.25, -0.2) is 4.98 Å². The summed E-state index contributed by atoms with van der Waals surface area (Å²) in [5.74, 6) is -0.253. The van der Waals surface area contributed by atoms with Crippen LogP contribution in [0.3, 0.4) is 0 Å². The number of hydrogen-bond acceptors (Lipinski definition) is 14. The highest BCUT2D eigenvalue weighted by Crippen LogP contribution is 2.50. The maximum atomic E-state index is 11.8. The van der Waals surface area contributed by atoms with E-state index in [2.05, 4.69) is 23.8 Å². The SMILES string of the molecule is Nc1nc2c(ncn2[C@@H]2O[C@H](COP(=O)([O-])OP(=O)([O-])[O-])[C@@H](O)[C@H]2O)c(=O)[nH]1. The van der Waals surface area contributed by atoms with Gasteiger partial charge in [-0.3, -0.25) is 23.2 Å². The molecule has 1 fully saturated rings. The van der Waals surface area contributed by atoms with Crippen LogP contribution in [-0.2, 0) is 22.7 Å². The van der Waals surface area contributed by atoms with E-state index in [4.69, 9.17) is 10.5 Å². The molecule has 2 aromatic heterocycles. The Morgan fingerprint density at radius 1 is 1.32 bits per heavy atom. The Balaban J connectivity index is 1.79. The minimum absolute atomic E-state index is 0.0875. The predicted octanol–water partition coefficient (Wildman–Crippen LogP) is -4.35. The standard InChI is InChI=1S/C10H15N5O11P2/c11-10-13-7-4(8(18)14-10)12-2-15(7)9-6(17)5(16)3(25-9)1-24-28(22,23)26-27(19,20)21/h2-3,5-6,9,16-17H,1H2,(H,22,23)(H2,19,20,21)(H3,11,13,14,18)/p-3/t3-,5-,6-,9-/m1/s1. The Morgan fingerprint density at radius 3 is 2.64 bits per heavy atom. The summed E-state index contributed by atoms with van der Waals surface area (Å²) in [7, 11) is -11.4. The molecule has 0 radical (unpaired) electrons. The topological polar surface area (TPSA) is 261 Å². The molecule has 3 rings (SSSR count). The number of hydrogen-bond donors (Lipinski definition) is 4. The first-order chi connectivity index (χ1) is 12.9. The molecule has 0 spiro atoms. The first kappa shape index (κ1) is 21.0. The minimum atomic E-state index is -5.88. The lowest BCUT2D eigenvalue weighted by Gasteiger charge is -2.35. The molecule has 156 valence electrons. The fourth-order valence-corrected chi connectivity index (χ4v) is 4.03. The third-order valence-electron chi connectivity index (χ3n) is 3.66. The fourth-order valence-electron chi connectivity index (χ4n) is 2.54. The molecular formula is C10H12N5O11P2-3. The molecule has 16 nitrogen and oxygen atoms in total. The summed E-state index contributed by atoms with van der Waals surface area (Å²) in [6, 6.07) is 0. The van der Waals surface area contributed by atoms with E-state index in [0.717, 1.165) is 10.9 Å². The summed E-state index contributed by atoms with van der Waals surface area (Å²) in [6.07, 6.45) is -5.14. The van der Waals surface area contributed by atoms with Crippen molar-refractivity contribution < 1.29 is 47.6 Å². The third-order valence-corrected chi connectivity index (χ3v) is 5.72. The number of nitrogen functional groups attached to an aromatic ring is 1. The van der Waals surface area contributed by atoms with Crippen LogP contribution in [0.2, 0.25) is 0 Å². The molecule has 0 aliphatic carbocycles. The Kier molecular flexibility index (Phi) is 5.46. The van der Waals surface area contributed by atoms with Crippen molar-refractivity contribution >= 4 is 32.8 Å². The van der Waals surface area contributed by atoms with Crippen LogP contribution in [0, 0.1) is 0 Å². The number of phosphoric ester groups is 1. The summed E-state index contributed by atoms with van der Waals surface area (Å²) in [5.41, 5.74) is 4.56. The zero-order valence-corrected chi connectivity index (χ0v) is 15.3. The van der Waals surface area contributed by atoms with Crippen molar-refractivity contribution in [3.63, 3.8) is 0 Å². The number of H-pyrrole nitrogens is 1. The average molecular weight is 440 g/mol. The number of aliphatic hydroxyl groups is 2. The van der Waals surface area contributed by atoms with Crippen LogP contribution in [0.4, 0.5) is 5.95 Å². The van der Waals surface area contributed by atoms with Gasteiger partial charge in [-0.05, 0) is 0 Å². The first-order valence-electron chi connectivity index (χ1n) is 7.31. The van der Waals surface area contributed by atoms with Crippen LogP contribution in [-0.4, -0.2) is 54.7 Å². The van der Waals surface area contributed by atoms with E-state index in [-0.39, 0.29) is 17.1 Å². The maximum absolute atomic E-state index is 11.8. The fraction of sp³-hybridized carbons (Fsp3) is 0.500. The highest BCUT2D eigenvalue weighted by atomic mass is 31.3. The van der Waals surface area contributed by atoms with Crippen LogP contribution >= 0.6 is 15.6 Å². The molecule has 28 heavy (non-hydrogen) atoms. The number of anilines is 1. The number of rotatable bonds is 6. The predicted molar refractivity (Wildman–Crippen MR) is 80.7 cm³/mol. The summed E-state index contributed by atoms with van der Waals surface area (Å²) in [4.78, 5) is 53.7. The van der Waals surface area contributed by atoms with Crippen molar-refractivity contribution in [1.29, 1.82) is 0 Å².